The lowest BCUT2D eigenvalue weighted by Crippen LogP contribution is -2.17. The first-order chi connectivity index (χ1) is 17.1. The highest BCUT2D eigenvalue weighted by Gasteiger charge is 2.11. The molecule has 0 aliphatic rings. The third-order valence-electron chi connectivity index (χ3n) is 5.32. The van der Waals surface area contributed by atoms with Crippen LogP contribution < -0.4 is 19.6 Å². The van der Waals surface area contributed by atoms with E-state index in [-0.39, 0.29) is 5.91 Å². The zero-order chi connectivity index (χ0) is 24.6. The van der Waals surface area contributed by atoms with Crippen LogP contribution in [0.3, 0.4) is 0 Å². The lowest BCUT2D eigenvalue weighted by atomic mass is 10.1. The summed E-state index contributed by atoms with van der Waals surface area (Å²) in [6, 6.07) is 24.6. The van der Waals surface area contributed by atoms with Crippen molar-refractivity contribution in [1.82, 2.24) is 5.43 Å². The van der Waals surface area contributed by atoms with E-state index < -0.39 is 0 Å². The van der Waals surface area contributed by atoms with Crippen LogP contribution >= 0.6 is 11.6 Å². The first-order valence-corrected chi connectivity index (χ1v) is 11.5. The summed E-state index contributed by atoms with van der Waals surface area (Å²) >= 11 is 6.43. The van der Waals surface area contributed by atoms with Crippen LogP contribution in [0.25, 0.3) is 10.8 Å². The number of fused-ring (bicyclic) bond motifs is 1. The molecule has 1 amide bonds. The summed E-state index contributed by atoms with van der Waals surface area (Å²) in [6.07, 6.45) is 1.52. The Bertz CT molecular complexity index is 1370. The second kappa shape index (κ2) is 11.4. The monoisotopic (exact) mass is 488 g/mol. The molecule has 0 radical (unpaired) electrons. The van der Waals surface area contributed by atoms with Gasteiger partial charge in [0.2, 0.25) is 0 Å². The van der Waals surface area contributed by atoms with Crippen molar-refractivity contribution in [2.45, 2.75) is 13.5 Å². The van der Waals surface area contributed by atoms with Gasteiger partial charge in [-0.15, -0.1) is 0 Å². The Hall–Kier alpha value is -4.03. The van der Waals surface area contributed by atoms with Crippen LogP contribution in [0.2, 0.25) is 5.02 Å². The summed E-state index contributed by atoms with van der Waals surface area (Å²) in [5.74, 6) is 1.26. The Morgan fingerprint density at radius 2 is 1.74 bits per heavy atom. The van der Waals surface area contributed by atoms with E-state index >= 15 is 0 Å². The smallest absolute Gasteiger partial charge is 0.271 e. The summed E-state index contributed by atoms with van der Waals surface area (Å²) in [7, 11) is 1.55. The van der Waals surface area contributed by atoms with Gasteiger partial charge in [-0.2, -0.15) is 5.10 Å². The molecule has 4 aromatic carbocycles. The van der Waals surface area contributed by atoms with Crippen LogP contribution in [-0.4, -0.2) is 25.8 Å². The number of hydrogen-bond acceptors (Lipinski definition) is 5. The minimum Gasteiger partial charge on any atom is -0.493 e. The molecule has 178 valence electrons. The number of halogens is 1. The molecule has 4 aromatic rings. The number of benzene rings is 4. The Balaban J connectivity index is 1.38. The number of hydrogen-bond donors (Lipinski definition) is 1. The number of carbonyl (C=O) groups excluding carboxylic acids is 1. The number of methoxy groups -OCH3 is 1. The highest BCUT2D eigenvalue weighted by molar-refractivity contribution is 6.32. The first kappa shape index (κ1) is 24.1. The summed E-state index contributed by atoms with van der Waals surface area (Å²) in [6.45, 7) is 2.72. The predicted octanol–water partition coefficient (Wildman–Crippen LogP) is 6.24. The van der Waals surface area contributed by atoms with E-state index in [1.807, 2.05) is 37.3 Å². The minimum absolute atomic E-state index is 0.369. The van der Waals surface area contributed by atoms with Crippen molar-refractivity contribution in [3.63, 3.8) is 0 Å². The molecule has 7 heteroatoms. The zero-order valence-corrected chi connectivity index (χ0v) is 20.2. The van der Waals surface area contributed by atoms with E-state index in [1.165, 1.54) is 6.21 Å². The van der Waals surface area contributed by atoms with E-state index in [4.69, 9.17) is 25.8 Å². The molecular formula is C28H25ClN2O4. The largest absolute Gasteiger partial charge is 0.493 e. The molecule has 0 saturated heterocycles. The van der Waals surface area contributed by atoms with Crippen LogP contribution in [-0.2, 0) is 6.61 Å². The maximum Gasteiger partial charge on any atom is 0.271 e. The maximum absolute atomic E-state index is 12.5. The number of hydrazone groups is 1. The van der Waals surface area contributed by atoms with Crippen molar-refractivity contribution in [1.29, 1.82) is 0 Å². The van der Waals surface area contributed by atoms with Gasteiger partial charge in [-0.05, 0) is 65.2 Å². The van der Waals surface area contributed by atoms with E-state index in [9.17, 15) is 4.79 Å². The van der Waals surface area contributed by atoms with Crippen LogP contribution in [0.15, 0.2) is 84.0 Å². The Kier molecular flexibility index (Phi) is 7.85. The molecule has 1 N–H and O–H groups in total. The lowest BCUT2D eigenvalue weighted by Gasteiger charge is -2.11. The molecule has 0 unspecified atom stereocenters. The van der Waals surface area contributed by atoms with E-state index in [0.29, 0.717) is 41.0 Å². The van der Waals surface area contributed by atoms with Gasteiger partial charge in [0.05, 0.1) is 25.0 Å². The Morgan fingerprint density at radius 3 is 2.54 bits per heavy atom. The van der Waals surface area contributed by atoms with Gasteiger partial charge in [0.1, 0.15) is 12.4 Å². The van der Waals surface area contributed by atoms with Gasteiger partial charge in [0.15, 0.2) is 11.5 Å². The molecule has 0 aromatic heterocycles. The number of nitrogens with one attached hydrogen (secondary N) is 1. The molecule has 0 saturated carbocycles. The molecule has 0 fully saturated rings. The van der Waals surface area contributed by atoms with Gasteiger partial charge in [-0.1, -0.05) is 54.1 Å². The van der Waals surface area contributed by atoms with E-state index in [2.05, 4.69) is 28.7 Å². The van der Waals surface area contributed by atoms with Crippen molar-refractivity contribution in [2.24, 2.45) is 5.10 Å². The van der Waals surface area contributed by atoms with Crippen molar-refractivity contribution in [3.05, 3.63) is 101 Å². The van der Waals surface area contributed by atoms with E-state index in [1.54, 1.807) is 37.4 Å². The highest BCUT2D eigenvalue weighted by Crippen LogP contribution is 2.29. The van der Waals surface area contributed by atoms with E-state index in [0.717, 1.165) is 21.9 Å². The van der Waals surface area contributed by atoms with Crippen LogP contribution in [0.5, 0.6) is 17.2 Å². The number of rotatable bonds is 9. The molecule has 0 aliphatic heterocycles. The Labute approximate surface area is 209 Å². The van der Waals surface area contributed by atoms with Crippen molar-refractivity contribution in [2.75, 3.05) is 13.7 Å². The standard InChI is InChI=1S/C28H25ClN2O4/c1-3-34-27-16-21(12-14-26(27)33-2)28(32)31-30-17-19-11-13-25(24(29)15-19)35-18-22-9-6-8-20-7-4-5-10-23(20)22/h4-17H,3,18H2,1-2H3,(H,31,32)/b30-17+. The zero-order valence-electron chi connectivity index (χ0n) is 19.5. The average molecular weight is 489 g/mol. The predicted molar refractivity (Wildman–Crippen MR) is 139 cm³/mol. The highest BCUT2D eigenvalue weighted by atomic mass is 35.5. The van der Waals surface area contributed by atoms with Crippen molar-refractivity contribution >= 4 is 34.5 Å². The van der Waals surface area contributed by atoms with Gasteiger partial charge in [-0.3, -0.25) is 4.79 Å². The molecule has 0 bridgehead atoms. The summed E-state index contributed by atoms with van der Waals surface area (Å²) < 4.78 is 16.7. The van der Waals surface area contributed by atoms with Crippen LogP contribution in [0, 0.1) is 0 Å². The number of amides is 1. The normalized spacial score (nSPS) is 10.9. The van der Waals surface area contributed by atoms with Crippen molar-refractivity contribution < 1.29 is 19.0 Å². The second-order valence-corrected chi connectivity index (χ2v) is 8.02. The Morgan fingerprint density at radius 1 is 0.943 bits per heavy atom. The summed E-state index contributed by atoms with van der Waals surface area (Å²) in [4.78, 5) is 12.5. The van der Waals surface area contributed by atoms with Crippen LogP contribution in [0.4, 0.5) is 0 Å². The third kappa shape index (κ3) is 5.91. The average Bonchev–Trinajstić information content (AvgIpc) is 2.88. The number of carbonyl (C=O) groups is 1. The fourth-order valence-corrected chi connectivity index (χ4v) is 3.85. The molecule has 35 heavy (non-hydrogen) atoms. The molecule has 0 heterocycles. The molecular weight excluding hydrogens is 464 g/mol. The van der Waals surface area contributed by atoms with Gasteiger partial charge in [0, 0.05) is 5.56 Å². The van der Waals surface area contributed by atoms with Crippen molar-refractivity contribution in [3.8, 4) is 17.2 Å². The molecule has 0 spiro atoms. The fourth-order valence-electron chi connectivity index (χ4n) is 3.60. The van der Waals surface area contributed by atoms with Gasteiger partial charge >= 0.3 is 0 Å². The molecule has 6 nitrogen and oxygen atoms in total. The molecule has 4 rings (SSSR count). The van der Waals surface area contributed by atoms with Gasteiger partial charge < -0.3 is 14.2 Å². The topological polar surface area (TPSA) is 69.2 Å². The first-order valence-electron chi connectivity index (χ1n) is 11.1. The third-order valence-corrected chi connectivity index (χ3v) is 5.62. The summed E-state index contributed by atoms with van der Waals surface area (Å²) in [5.41, 5.74) is 4.72. The maximum atomic E-state index is 12.5. The summed E-state index contributed by atoms with van der Waals surface area (Å²) in [5, 5.41) is 6.81. The van der Waals surface area contributed by atoms with Crippen LogP contribution in [0.1, 0.15) is 28.4 Å². The molecule has 0 aliphatic carbocycles. The SMILES string of the molecule is CCOc1cc(C(=O)N/N=C/c2ccc(OCc3cccc4ccccc34)c(Cl)c2)ccc1OC. The molecule has 0 atom stereocenters. The van der Waals surface area contributed by atoms with Gasteiger partial charge in [-0.25, -0.2) is 5.43 Å². The number of ether oxygens (including phenoxy) is 3. The number of nitrogens with zero attached hydrogens (tertiary/aromatic N) is 1. The quantitative estimate of drug-likeness (QED) is 0.223. The minimum atomic E-state index is -0.369. The van der Waals surface area contributed by atoms with Gasteiger partial charge in [0.25, 0.3) is 5.91 Å². The fraction of sp³-hybridized carbons (Fsp3) is 0.143. The lowest BCUT2D eigenvalue weighted by molar-refractivity contribution is 0.0954. The second-order valence-electron chi connectivity index (χ2n) is 7.61.